The second kappa shape index (κ2) is 6.29. The Hall–Kier alpha value is -2.22. The van der Waals surface area contributed by atoms with Gasteiger partial charge < -0.3 is 10.4 Å². The first-order valence-corrected chi connectivity index (χ1v) is 6.30. The van der Waals surface area contributed by atoms with Crippen LogP contribution in [-0.2, 0) is 0 Å². The van der Waals surface area contributed by atoms with Gasteiger partial charge in [-0.3, -0.25) is 4.98 Å². The molecule has 1 heterocycles. The number of carbonyl (C=O) groups is 1. The number of halogens is 2. The molecule has 0 bridgehead atoms. The third-order valence-electron chi connectivity index (χ3n) is 2.22. The summed E-state index contributed by atoms with van der Waals surface area (Å²) in [5.74, 6) is -3.59. The van der Waals surface area contributed by atoms with Crippen molar-refractivity contribution in [1.29, 1.82) is 0 Å². The molecular weight excluding hydrogens is 288 g/mol. The highest BCUT2D eigenvalue weighted by Crippen LogP contribution is 2.32. The number of hydrogen-bond acceptors (Lipinski definition) is 5. The van der Waals surface area contributed by atoms with Crippen LogP contribution in [0.1, 0.15) is 10.5 Å². The molecule has 0 aliphatic heterocycles. The summed E-state index contributed by atoms with van der Waals surface area (Å²) >= 11 is 0.394. The van der Waals surface area contributed by atoms with E-state index in [-0.39, 0.29) is 11.5 Å². The van der Waals surface area contributed by atoms with Crippen LogP contribution in [0, 0.1) is 0 Å². The number of nitrogens with one attached hydrogen (secondary N) is 1. The molecule has 0 atom stereocenters. The zero-order valence-corrected chi connectivity index (χ0v) is 10.8. The first kappa shape index (κ1) is 14.2. The fourth-order valence-electron chi connectivity index (χ4n) is 1.44. The second-order valence-corrected chi connectivity index (χ2v) is 4.63. The van der Waals surface area contributed by atoms with Crippen molar-refractivity contribution in [3.05, 3.63) is 42.4 Å². The van der Waals surface area contributed by atoms with E-state index in [4.69, 9.17) is 5.11 Å². The lowest BCUT2D eigenvalue weighted by molar-refractivity contribution is 0.0690. The number of carboxylic acids is 1. The van der Waals surface area contributed by atoms with Crippen LogP contribution in [0.3, 0.4) is 0 Å². The van der Waals surface area contributed by atoms with E-state index in [2.05, 4.69) is 15.3 Å². The highest BCUT2D eigenvalue weighted by molar-refractivity contribution is 7.99. The smallest absolute Gasteiger partial charge is 0.356 e. The predicted molar refractivity (Wildman–Crippen MR) is 70.6 cm³/mol. The van der Waals surface area contributed by atoms with Gasteiger partial charge in [0, 0.05) is 4.90 Å². The molecule has 1 aromatic carbocycles. The Kier molecular flexibility index (Phi) is 4.46. The number of hydrogen-bond donors (Lipinski definition) is 2. The van der Waals surface area contributed by atoms with Gasteiger partial charge >= 0.3 is 5.97 Å². The Morgan fingerprint density at radius 2 is 2.05 bits per heavy atom. The summed E-state index contributed by atoms with van der Waals surface area (Å²) in [7, 11) is 0. The van der Waals surface area contributed by atoms with Crippen LogP contribution in [0.5, 0.6) is 0 Å². The average Bonchev–Trinajstić information content (AvgIpc) is 2.41. The minimum Gasteiger partial charge on any atom is -0.476 e. The number of alkyl halides is 2. The van der Waals surface area contributed by atoms with Gasteiger partial charge in [0.1, 0.15) is 5.82 Å². The summed E-state index contributed by atoms with van der Waals surface area (Å²) in [6.45, 7) is 0. The summed E-state index contributed by atoms with van der Waals surface area (Å²) in [5, 5.41) is 11.6. The molecule has 0 aliphatic rings. The SMILES string of the molecule is O=C(O)c1cncc(Nc2ccccc2SC(F)F)n1. The maximum absolute atomic E-state index is 12.4. The van der Waals surface area contributed by atoms with Crippen LogP contribution in [0.2, 0.25) is 0 Å². The highest BCUT2D eigenvalue weighted by atomic mass is 32.2. The van der Waals surface area contributed by atoms with E-state index in [1.54, 1.807) is 18.2 Å². The van der Waals surface area contributed by atoms with Gasteiger partial charge in [0.2, 0.25) is 0 Å². The molecule has 104 valence electrons. The summed E-state index contributed by atoms with van der Waals surface area (Å²) in [6.07, 6.45) is 2.42. The molecule has 20 heavy (non-hydrogen) atoms. The number of anilines is 2. The van der Waals surface area contributed by atoms with Gasteiger partial charge in [0.05, 0.1) is 18.1 Å². The molecule has 0 fully saturated rings. The Labute approximate surface area is 117 Å². The molecule has 0 radical (unpaired) electrons. The number of para-hydroxylation sites is 1. The number of aromatic carboxylic acids is 1. The summed E-state index contributed by atoms with van der Waals surface area (Å²) in [6, 6.07) is 6.44. The fourth-order valence-corrected chi connectivity index (χ4v) is 2.03. The van der Waals surface area contributed by atoms with Gasteiger partial charge in [-0.1, -0.05) is 23.9 Å². The van der Waals surface area contributed by atoms with Gasteiger partial charge in [-0.15, -0.1) is 0 Å². The monoisotopic (exact) mass is 297 g/mol. The van der Waals surface area contributed by atoms with E-state index in [1.807, 2.05) is 0 Å². The number of carboxylic acid groups (broad SMARTS) is 1. The lowest BCUT2D eigenvalue weighted by atomic mass is 10.3. The van der Waals surface area contributed by atoms with Crippen molar-refractivity contribution >= 4 is 29.2 Å². The Morgan fingerprint density at radius 1 is 1.30 bits per heavy atom. The van der Waals surface area contributed by atoms with Crippen LogP contribution < -0.4 is 5.32 Å². The lowest BCUT2D eigenvalue weighted by Crippen LogP contribution is -2.04. The highest BCUT2D eigenvalue weighted by Gasteiger charge is 2.11. The zero-order chi connectivity index (χ0) is 14.5. The standard InChI is InChI=1S/C12H9F2N3O2S/c13-12(14)20-9-4-2-1-3-7(9)16-10-6-15-5-8(17-10)11(18)19/h1-6,12H,(H,16,17)(H,18,19). The van der Waals surface area contributed by atoms with Gasteiger partial charge in [0.25, 0.3) is 5.76 Å². The van der Waals surface area contributed by atoms with Crippen LogP contribution in [0.25, 0.3) is 0 Å². The van der Waals surface area contributed by atoms with Crippen molar-refractivity contribution in [2.75, 3.05) is 5.32 Å². The second-order valence-electron chi connectivity index (χ2n) is 3.59. The predicted octanol–water partition coefficient (Wildman–Crippen LogP) is 3.23. The Morgan fingerprint density at radius 3 is 2.75 bits per heavy atom. The third-order valence-corrected chi connectivity index (χ3v) is 3.01. The van der Waals surface area contributed by atoms with Gasteiger partial charge in [-0.25, -0.2) is 9.78 Å². The van der Waals surface area contributed by atoms with E-state index in [0.717, 1.165) is 6.20 Å². The Bertz CT molecular complexity index is 625. The van der Waals surface area contributed by atoms with E-state index in [1.165, 1.54) is 12.3 Å². The van der Waals surface area contributed by atoms with E-state index >= 15 is 0 Å². The molecule has 2 aromatic rings. The lowest BCUT2D eigenvalue weighted by Gasteiger charge is -2.10. The zero-order valence-electron chi connectivity index (χ0n) is 9.96. The van der Waals surface area contributed by atoms with Crippen LogP contribution >= 0.6 is 11.8 Å². The minimum atomic E-state index is -2.55. The molecule has 1 aromatic heterocycles. The quantitative estimate of drug-likeness (QED) is 0.825. The maximum Gasteiger partial charge on any atom is 0.356 e. The topological polar surface area (TPSA) is 75.1 Å². The minimum absolute atomic E-state index is 0.173. The molecule has 0 spiro atoms. The molecule has 5 nitrogen and oxygen atoms in total. The first-order chi connectivity index (χ1) is 9.56. The molecule has 8 heteroatoms. The first-order valence-electron chi connectivity index (χ1n) is 5.42. The van der Waals surface area contributed by atoms with E-state index in [9.17, 15) is 13.6 Å². The molecular formula is C12H9F2N3O2S. The van der Waals surface area contributed by atoms with Crippen molar-refractivity contribution in [2.45, 2.75) is 10.7 Å². The molecule has 0 aliphatic carbocycles. The normalized spacial score (nSPS) is 10.6. The number of benzene rings is 1. The van der Waals surface area contributed by atoms with E-state index in [0.29, 0.717) is 22.3 Å². The summed E-state index contributed by atoms with van der Waals surface area (Å²) in [4.78, 5) is 18.7. The molecule has 0 saturated carbocycles. The van der Waals surface area contributed by atoms with Crippen molar-refractivity contribution < 1.29 is 18.7 Å². The fraction of sp³-hybridized carbons (Fsp3) is 0.0833. The van der Waals surface area contributed by atoms with Crippen molar-refractivity contribution in [2.24, 2.45) is 0 Å². The molecule has 2 N–H and O–H groups in total. The van der Waals surface area contributed by atoms with Crippen LogP contribution in [0.4, 0.5) is 20.3 Å². The summed E-state index contributed by atoms with van der Waals surface area (Å²) < 4.78 is 24.9. The molecule has 0 unspecified atom stereocenters. The number of aromatic nitrogens is 2. The number of rotatable bonds is 5. The van der Waals surface area contributed by atoms with Crippen molar-refractivity contribution in [1.82, 2.24) is 9.97 Å². The Balaban J connectivity index is 2.25. The summed E-state index contributed by atoms with van der Waals surface area (Å²) in [5.41, 5.74) is 0.184. The van der Waals surface area contributed by atoms with Gasteiger partial charge in [-0.2, -0.15) is 8.78 Å². The third kappa shape index (κ3) is 3.64. The maximum atomic E-state index is 12.4. The van der Waals surface area contributed by atoms with Crippen molar-refractivity contribution in [3.8, 4) is 0 Å². The van der Waals surface area contributed by atoms with Crippen molar-refractivity contribution in [3.63, 3.8) is 0 Å². The average molecular weight is 297 g/mol. The van der Waals surface area contributed by atoms with Gasteiger partial charge in [-0.05, 0) is 12.1 Å². The molecule has 2 rings (SSSR count). The largest absolute Gasteiger partial charge is 0.476 e. The van der Waals surface area contributed by atoms with Gasteiger partial charge in [0.15, 0.2) is 5.69 Å². The van der Waals surface area contributed by atoms with E-state index < -0.39 is 11.7 Å². The van der Waals surface area contributed by atoms with Crippen LogP contribution in [0.15, 0.2) is 41.6 Å². The molecule has 0 saturated heterocycles. The molecule has 0 amide bonds. The number of nitrogens with zero attached hydrogens (tertiary/aromatic N) is 2. The van der Waals surface area contributed by atoms with Crippen LogP contribution in [-0.4, -0.2) is 26.8 Å². The number of thioether (sulfide) groups is 1.